The Kier molecular flexibility index (Phi) is 7.60. The molecule has 1 unspecified atom stereocenters. The number of benzene rings is 3. The molecule has 0 fully saturated rings. The van der Waals surface area contributed by atoms with Gasteiger partial charge in [-0.3, -0.25) is 0 Å². The van der Waals surface area contributed by atoms with E-state index in [1.807, 2.05) is 24.3 Å². The Balaban J connectivity index is 1.78. The normalized spacial score (nSPS) is 12.1. The first-order chi connectivity index (χ1) is 15.4. The zero-order valence-corrected chi connectivity index (χ0v) is 17.6. The molecule has 6 heteroatoms. The van der Waals surface area contributed by atoms with E-state index in [4.69, 9.17) is 4.74 Å². The first-order valence-electron chi connectivity index (χ1n) is 10.2. The van der Waals surface area contributed by atoms with Gasteiger partial charge in [-0.15, -0.1) is 0 Å². The lowest BCUT2D eigenvalue weighted by Gasteiger charge is -2.14. The molecule has 4 nitrogen and oxygen atoms in total. The van der Waals surface area contributed by atoms with Crippen molar-refractivity contribution in [3.8, 4) is 11.5 Å². The molecule has 3 aromatic carbocycles. The fraction of sp³-hybridized carbons (Fsp3) is 0.192. The van der Waals surface area contributed by atoms with E-state index >= 15 is 0 Å². The van der Waals surface area contributed by atoms with Gasteiger partial charge >= 0.3 is 5.97 Å². The number of carbonyl (C=O) groups excluding carboxylic acids is 1. The fourth-order valence-electron chi connectivity index (χ4n) is 3.45. The lowest BCUT2D eigenvalue weighted by molar-refractivity contribution is 0.0600. The second-order valence-electron chi connectivity index (χ2n) is 7.52. The Hall–Kier alpha value is -3.67. The molecule has 32 heavy (non-hydrogen) atoms. The molecule has 3 rings (SSSR count). The minimum atomic E-state index is -0.998. The standard InChI is InChI=1S/C26H24F2O4/c1-32-26(31)21-12-8-17(9-13-21)6-7-18(10-11-20-4-2-3-5-24(20)29)14-19-15-22(27)25(30)23(28)16-19/h2-5,8-13,15-16,18,29-30H,6-7,14H2,1H3/b11-10+. The van der Waals surface area contributed by atoms with Gasteiger partial charge < -0.3 is 14.9 Å². The maximum Gasteiger partial charge on any atom is 0.337 e. The Morgan fingerprint density at radius 2 is 1.66 bits per heavy atom. The Bertz CT molecular complexity index is 1080. The summed E-state index contributed by atoms with van der Waals surface area (Å²) in [4.78, 5) is 11.6. The third kappa shape index (κ3) is 5.94. The SMILES string of the molecule is COC(=O)c1ccc(CCC(/C=C/c2ccccc2O)Cc2cc(F)c(O)c(F)c2)cc1. The topological polar surface area (TPSA) is 66.8 Å². The molecule has 0 aromatic heterocycles. The average Bonchev–Trinajstić information content (AvgIpc) is 2.80. The average molecular weight is 438 g/mol. The van der Waals surface area contributed by atoms with Crippen LogP contribution in [0, 0.1) is 17.6 Å². The van der Waals surface area contributed by atoms with Crippen LogP contribution in [-0.4, -0.2) is 23.3 Å². The quantitative estimate of drug-likeness (QED) is 0.445. The molecule has 0 aliphatic carbocycles. The fourth-order valence-corrected chi connectivity index (χ4v) is 3.45. The van der Waals surface area contributed by atoms with Gasteiger partial charge in [0.15, 0.2) is 17.4 Å². The smallest absolute Gasteiger partial charge is 0.337 e. The summed E-state index contributed by atoms with van der Waals surface area (Å²) >= 11 is 0. The van der Waals surface area contributed by atoms with Gasteiger partial charge in [-0.25, -0.2) is 13.6 Å². The summed E-state index contributed by atoms with van der Waals surface area (Å²) in [6.07, 6.45) is 5.36. The summed E-state index contributed by atoms with van der Waals surface area (Å²) in [5.41, 5.74) is 2.53. The highest BCUT2D eigenvalue weighted by molar-refractivity contribution is 5.89. The summed E-state index contributed by atoms with van der Waals surface area (Å²) in [5.74, 6) is -3.35. The number of aryl methyl sites for hydroxylation is 1. The molecule has 0 amide bonds. The molecule has 0 heterocycles. The zero-order chi connectivity index (χ0) is 23.1. The van der Waals surface area contributed by atoms with E-state index in [0.29, 0.717) is 36.0 Å². The van der Waals surface area contributed by atoms with Crippen LogP contribution >= 0.6 is 0 Å². The monoisotopic (exact) mass is 438 g/mol. The minimum Gasteiger partial charge on any atom is -0.507 e. The maximum atomic E-state index is 13.8. The number of aromatic hydroxyl groups is 2. The van der Waals surface area contributed by atoms with Crippen LogP contribution in [0.5, 0.6) is 11.5 Å². The Morgan fingerprint density at radius 1 is 1.00 bits per heavy atom. The van der Waals surface area contributed by atoms with E-state index < -0.39 is 23.4 Å². The minimum absolute atomic E-state index is 0.0989. The van der Waals surface area contributed by atoms with Crippen LogP contribution < -0.4 is 0 Å². The molecule has 0 saturated heterocycles. The van der Waals surface area contributed by atoms with Crippen LogP contribution in [0.25, 0.3) is 6.08 Å². The summed E-state index contributed by atoms with van der Waals surface area (Å²) < 4.78 is 32.3. The number of hydrogen-bond donors (Lipinski definition) is 2. The van der Waals surface area contributed by atoms with E-state index in [1.165, 1.54) is 7.11 Å². The molecular formula is C26H24F2O4. The van der Waals surface area contributed by atoms with Crippen LogP contribution in [0.1, 0.15) is 33.5 Å². The largest absolute Gasteiger partial charge is 0.507 e. The van der Waals surface area contributed by atoms with Gasteiger partial charge in [-0.2, -0.15) is 0 Å². The molecule has 1 atom stereocenters. The van der Waals surface area contributed by atoms with Gasteiger partial charge in [-0.1, -0.05) is 42.5 Å². The van der Waals surface area contributed by atoms with Crippen LogP contribution in [0.2, 0.25) is 0 Å². The lowest BCUT2D eigenvalue weighted by Crippen LogP contribution is -2.05. The van der Waals surface area contributed by atoms with Crippen molar-refractivity contribution in [2.75, 3.05) is 7.11 Å². The predicted molar refractivity (Wildman–Crippen MR) is 118 cm³/mol. The second-order valence-corrected chi connectivity index (χ2v) is 7.52. The number of esters is 1. The van der Waals surface area contributed by atoms with Crippen molar-refractivity contribution in [2.45, 2.75) is 19.3 Å². The number of rotatable bonds is 8. The number of carbonyl (C=O) groups is 1. The zero-order valence-electron chi connectivity index (χ0n) is 17.6. The first-order valence-corrected chi connectivity index (χ1v) is 10.2. The van der Waals surface area contributed by atoms with Crippen molar-refractivity contribution < 1.29 is 28.5 Å². The molecule has 0 bridgehead atoms. The van der Waals surface area contributed by atoms with Gasteiger partial charge in [0.05, 0.1) is 12.7 Å². The van der Waals surface area contributed by atoms with Crippen LogP contribution in [-0.2, 0) is 17.6 Å². The van der Waals surface area contributed by atoms with E-state index in [0.717, 1.165) is 17.7 Å². The molecule has 3 aromatic rings. The Labute approximate surface area is 185 Å². The number of methoxy groups -OCH3 is 1. The summed E-state index contributed by atoms with van der Waals surface area (Å²) in [6.45, 7) is 0. The van der Waals surface area contributed by atoms with Crippen LogP contribution in [0.4, 0.5) is 8.78 Å². The van der Waals surface area contributed by atoms with Crippen LogP contribution in [0.15, 0.2) is 66.7 Å². The number of halogens is 2. The van der Waals surface area contributed by atoms with Crippen molar-refractivity contribution >= 4 is 12.0 Å². The van der Waals surface area contributed by atoms with Crippen molar-refractivity contribution in [2.24, 2.45) is 5.92 Å². The summed E-state index contributed by atoms with van der Waals surface area (Å²) in [7, 11) is 1.33. The van der Waals surface area contributed by atoms with Gasteiger partial charge in [0.1, 0.15) is 5.75 Å². The number of allylic oxidation sites excluding steroid dienone is 1. The molecule has 2 N–H and O–H groups in total. The molecule has 166 valence electrons. The van der Waals surface area contributed by atoms with Crippen molar-refractivity contribution in [1.82, 2.24) is 0 Å². The van der Waals surface area contributed by atoms with Gasteiger partial charge in [0, 0.05) is 5.56 Å². The molecule has 0 aliphatic rings. The summed E-state index contributed by atoms with van der Waals surface area (Å²) in [5, 5.41) is 19.4. The predicted octanol–water partition coefficient (Wildman–Crippen LogP) is 5.67. The first kappa shape index (κ1) is 23.0. The molecule has 0 saturated carbocycles. The molecule has 0 aliphatic heterocycles. The molecule has 0 radical (unpaired) electrons. The second kappa shape index (κ2) is 10.6. The highest BCUT2D eigenvalue weighted by atomic mass is 19.1. The molecule has 0 spiro atoms. The number of hydrogen-bond acceptors (Lipinski definition) is 4. The number of phenols is 2. The van der Waals surface area contributed by atoms with E-state index in [2.05, 4.69) is 0 Å². The van der Waals surface area contributed by atoms with Crippen molar-refractivity contribution in [3.05, 3.63) is 101 Å². The van der Waals surface area contributed by atoms with E-state index in [-0.39, 0.29) is 11.7 Å². The third-order valence-electron chi connectivity index (χ3n) is 5.24. The summed E-state index contributed by atoms with van der Waals surface area (Å²) in [6, 6.07) is 16.2. The van der Waals surface area contributed by atoms with Crippen molar-refractivity contribution in [1.29, 1.82) is 0 Å². The maximum absolute atomic E-state index is 13.8. The van der Waals surface area contributed by atoms with Gasteiger partial charge in [0.25, 0.3) is 0 Å². The van der Waals surface area contributed by atoms with Gasteiger partial charge in [0.2, 0.25) is 0 Å². The highest BCUT2D eigenvalue weighted by Crippen LogP contribution is 2.26. The van der Waals surface area contributed by atoms with Crippen LogP contribution in [0.3, 0.4) is 0 Å². The third-order valence-corrected chi connectivity index (χ3v) is 5.24. The number of para-hydroxylation sites is 1. The highest BCUT2D eigenvalue weighted by Gasteiger charge is 2.14. The number of ether oxygens (including phenoxy) is 1. The lowest BCUT2D eigenvalue weighted by atomic mass is 9.91. The number of phenolic OH excluding ortho intramolecular Hbond substituents is 2. The molecular weight excluding hydrogens is 414 g/mol. The van der Waals surface area contributed by atoms with Gasteiger partial charge in [-0.05, 0) is 66.6 Å². The van der Waals surface area contributed by atoms with Crippen molar-refractivity contribution in [3.63, 3.8) is 0 Å². The Morgan fingerprint density at radius 3 is 2.28 bits per heavy atom. The van der Waals surface area contributed by atoms with E-state index in [1.54, 1.807) is 36.4 Å². The van der Waals surface area contributed by atoms with E-state index in [9.17, 15) is 23.8 Å².